The molecule has 3 N–H and O–H groups in total. The minimum Gasteiger partial charge on any atom is -0.481 e. The van der Waals surface area contributed by atoms with Crippen molar-refractivity contribution >= 4 is 11.8 Å². The first-order valence-electron chi connectivity index (χ1n) is 5.20. The maximum Gasteiger partial charge on any atom is 0.225 e. The summed E-state index contributed by atoms with van der Waals surface area (Å²) in [5, 5.41) is 3.22. The zero-order chi connectivity index (χ0) is 10.7. The van der Waals surface area contributed by atoms with Crippen LogP contribution in [0.15, 0.2) is 6.07 Å². The standard InChI is InChI=1S/C10H16N4O/c1-15-9-6-8(13-10(11)14-9)12-5-4-7-2-3-7/h6-7H,2-5H2,1H3,(H3,11,12,13,14). The highest BCUT2D eigenvalue weighted by Gasteiger charge is 2.20. The Balaban J connectivity index is 1.90. The molecule has 15 heavy (non-hydrogen) atoms. The first-order chi connectivity index (χ1) is 7.28. The molecule has 1 aromatic rings. The first-order valence-corrected chi connectivity index (χ1v) is 5.20. The van der Waals surface area contributed by atoms with E-state index in [4.69, 9.17) is 10.5 Å². The minimum absolute atomic E-state index is 0.239. The van der Waals surface area contributed by atoms with Crippen molar-refractivity contribution in [1.29, 1.82) is 0 Å². The van der Waals surface area contributed by atoms with Crippen molar-refractivity contribution in [3.05, 3.63) is 6.07 Å². The van der Waals surface area contributed by atoms with Crippen LogP contribution in [0.1, 0.15) is 19.3 Å². The fraction of sp³-hybridized carbons (Fsp3) is 0.600. The normalized spacial score (nSPS) is 15.0. The molecule has 0 radical (unpaired) electrons. The Morgan fingerprint density at radius 3 is 3.00 bits per heavy atom. The Hall–Kier alpha value is -1.52. The van der Waals surface area contributed by atoms with Crippen molar-refractivity contribution in [3.63, 3.8) is 0 Å². The number of rotatable bonds is 5. The molecule has 0 bridgehead atoms. The van der Waals surface area contributed by atoms with E-state index in [9.17, 15) is 0 Å². The fourth-order valence-electron chi connectivity index (χ4n) is 1.45. The van der Waals surface area contributed by atoms with E-state index in [0.29, 0.717) is 5.88 Å². The van der Waals surface area contributed by atoms with Gasteiger partial charge in [0, 0.05) is 12.6 Å². The molecule has 0 spiro atoms. The molecular formula is C10H16N4O. The van der Waals surface area contributed by atoms with Crippen molar-refractivity contribution in [2.45, 2.75) is 19.3 Å². The summed E-state index contributed by atoms with van der Waals surface area (Å²) in [5.41, 5.74) is 5.54. The second-order valence-corrected chi connectivity index (χ2v) is 3.81. The highest BCUT2D eigenvalue weighted by atomic mass is 16.5. The van der Waals surface area contributed by atoms with Crippen molar-refractivity contribution in [1.82, 2.24) is 9.97 Å². The van der Waals surface area contributed by atoms with Gasteiger partial charge in [-0.1, -0.05) is 12.8 Å². The van der Waals surface area contributed by atoms with E-state index in [1.165, 1.54) is 19.3 Å². The lowest BCUT2D eigenvalue weighted by atomic mass is 10.3. The summed E-state index contributed by atoms with van der Waals surface area (Å²) in [6.45, 7) is 0.935. The highest BCUT2D eigenvalue weighted by Crippen LogP contribution is 2.32. The average Bonchev–Trinajstić information content (AvgIpc) is 3.01. The van der Waals surface area contributed by atoms with E-state index in [1.807, 2.05) is 0 Å². The van der Waals surface area contributed by atoms with Crippen LogP contribution in [-0.4, -0.2) is 23.6 Å². The van der Waals surface area contributed by atoms with E-state index in [2.05, 4.69) is 15.3 Å². The van der Waals surface area contributed by atoms with Crippen LogP contribution in [0.4, 0.5) is 11.8 Å². The summed E-state index contributed by atoms with van der Waals surface area (Å²) >= 11 is 0. The molecule has 1 fully saturated rings. The van der Waals surface area contributed by atoms with Gasteiger partial charge in [-0.05, 0) is 12.3 Å². The third-order valence-electron chi connectivity index (χ3n) is 2.48. The molecule has 0 aromatic carbocycles. The van der Waals surface area contributed by atoms with Crippen LogP contribution < -0.4 is 15.8 Å². The number of hydrogen-bond acceptors (Lipinski definition) is 5. The molecule has 0 saturated heterocycles. The Labute approximate surface area is 89.1 Å². The van der Waals surface area contributed by atoms with Gasteiger partial charge in [-0.15, -0.1) is 0 Å². The number of nitrogen functional groups attached to an aromatic ring is 1. The summed E-state index contributed by atoms with van der Waals surface area (Å²) in [6.07, 6.45) is 3.94. The largest absolute Gasteiger partial charge is 0.481 e. The lowest BCUT2D eigenvalue weighted by Crippen LogP contribution is -2.07. The van der Waals surface area contributed by atoms with Crippen LogP contribution in [0.25, 0.3) is 0 Å². The molecule has 5 nitrogen and oxygen atoms in total. The molecule has 82 valence electrons. The number of anilines is 2. The van der Waals surface area contributed by atoms with E-state index in [1.54, 1.807) is 13.2 Å². The van der Waals surface area contributed by atoms with Crippen LogP contribution in [0.2, 0.25) is 0 Å². The van der Waals surface area contributed by atoms with E-state index in [-0.39, 0.29) is 5.95 Å². The van der Waals surface area contributed by atoms with Crippen molar-refractivity contribution in [2.75, 3.05) is 24.7 Å². The average molecular weight is 208 g/mol. The van der Waals surface area contributed by atoms with Crippen LogP contribution in [0.5, 0.6) is 5.88 Å². The summed E-state index contributed by atoms with van der Waals surface area (Å²) < 4.78 is 5.00. The molecule has 1 heterocycles. The number of hydrogen-bond donors (Lipinski definition) is 2. The monoisotopic (exact) mass is 208 g/mol. The molecule has 1 aliphatic rings. The minimum atomic E-state index is 0.239. The molecule has 1 saturated carbocycles. The maximum atomic E-state index is 5.54. The SMILES string of the molecule is COc1cc(NCCC2CC2)nc(N)n1. The number of nitrogens with two attached hydrogens (primary N) is 1. The molecular weight excluding hydrogens is 192 g/mol. The molecule has 0 aliphatic heterocycles. The van der Waals surface area contributed by atoms with Gasteiger partial charge in [-0.3, -0.25) is 0 Å². The molecule has 2 rings (SSSR count). The predicted molar refractivity (Wildman–Crippen MR) is 58.8 cm³/mol. The topological polar surface area (TPSA) is 73.1 Å². The molecule has 5 heteroatoms. The third kappa shape index (κ3) is 2.97. The molecule has 0 atom stereocenters. The van der Waals surface area contributed by atoms with Crippen molar-refractivity contribution in [2.24, 2.45) is 5.92 Å². The van der Waals surface area contributed by atoms with Gasteiger partial charge in [-0.2, -0.15) is 9.97 Å². The highest BCUT2D eigenvalue weighted by molar-refractivity contribution is 5.42. The number of nitrogens with zero attached hydrogens (tertiary/aromatic N) is 2. The second-order valence-electron chi connectivity index (χ2n) is 3.81. The number of aromatic nitrogens is 2. The van der Waals surface area contributed by atoms with Gasteiger partial charge in [0.25, 0.3) is 0 Å². The van der Waals surface area contributed by atoms with Gasteiger partial charge in [-0.25, -0.2) is 0 Å². The van der Waals surface area contributed by atoms with Gasteiger partial charge in [0.05, 0.1) is 7.11 Å². The molecule has 0 amide bonds. The zero-order valence-electron chi connectivity index (χ0n) is 8.86. The van der Waals surface area contributed by atoms with Gasteiger partial charge in [0.2, 0.25) is 11.8 Å². The van der Waals surface area contributed by atoms with Crippen LogP contribution in [-0.2, 0) is 0 Å². The Morgan fingerprint density at radius 1 is 1.53 bits per heavy atom. The van der Waals surface area contributed by atoms with Gasteiger partial charge in [0.15, 0.2) is 0 Å². The van der Waals surface area contributed by atoms with Crippen LogP contribution >= 0.6 is 0 Å². The fourth-order valence-corrected chi connectivity index (χ4v) is 1.45. The zero-order valence-corrected chi connectivity index (χ0v) is 8.86. The first kappa shape index (κ1) is 10.0. The van der Waals surface area contributed by atoms with Crippen LogP contribution in [0.3, 0.4) is 0 Å². The Kier molecular flexibility index (Phi) is 2.89. The summed E-state index contributed by atoms with van der Waals surface area (Å²) in [5.74, 6) is 2.39. The summed E-state index contributed by atoms with van der Waals surface area (Å²) in [7, 11) is 1.57. The van der Waals surface area contributed by atoms with E-state index < -0.39 is 0 Å². The lowest BCUT2D eigenvalue weighted by molar-refractivity contribution is 0.398. The number of methoxy groups -OCH3 is 1. The van der Waals surface area contributed by atoms with Gasteiger partial charge in [0.1, 0.15) is 5.82 Å². The molecule has 1 aliphatic carbocycles. The second kappa shape index (κ2) is 4.33. The van der Waals surface area contributed by atoms with E-state index >= 15 is 0 Å². The van der Waals surface area contributed by atoms with Crippen molar-refractivity contribution < 1.29 is 4.74 Å². The molecule has 0 unspecified atom stereocenters. The van der Waals surface area contributed by atoms with E-state index in [0.717, 1.165) is 18.3 Å². The Bertz CT molecular complexity index is 338. The van der Waals surface area contributed by atoms with Crippen LogP contribution in [0, 0.1) is 5.92 Å². The lowest BCUT2D eigenvalue weighted by Gasteiger charge is -2.06. The van der Waals surface area contributed by atoms with Crippen molar-refractivity contribution in [3.8, 4) is 5.88 Å². The smallest absolute Gasteiger partial charge is 0.225 e. The van der Waals surface area contributed by atoms with Gasteiger partial charge < -0.3 is 15.8 Å². The quantitative estimate of drug-likeness (QED) is 0.762. The third-order valence-corrected chi connectivity index (χ3v) is 2.48. The summed E-state index contributed by atoms with van der Waals surface area (Å²) in [4.78, 5) is 7.99. The van der Waals surface area contributed by atoms with Gasteiger partial charge >= 0.3 is 0 Å². The molecule has 1 aromatic heterocycles. The number of nitrogens with one attached hydrogen (secondary N) is 1. The number of ether oxygens (including phenoxy) is 1. The summed E-state index contributed by atoms with van der Waals surface area (Å²) in [6, 6.07) is 1.75. The Morgan fingerprint density at radius 2 is 2.33 bits per heavy atom. The maximum absolute atomic E-state index is 5.54. The predicted octanol–water partition coefficient (Wildman–Crippen LogP) is 1.28.